The molecular formula is C14H16N2O4. The molecule has 1 aliphatic carbocycles. The van der Waals surface area contributed by atoms with Gasteiger partial charge in [-0.15, -0.1) is 6.58 Å². The van der Waals surface area contributed by atoms with Gasteiger partial charge in [0.1, 0.15) is 12.3 Å². The van der Waals surface area contributed by atoms with Crippen LogP contribution >= 0.6 is 0 Å². The van der Waals surface area contributed by atoms with Crippen LogP contribution in [0, 0.1) is 5.92 Å². The molecule has 1 aliphatic heterocycles. The number of nitrogens with one attached hydrogen (secondary N) is 1. The molecule has 1 fully saturated rings. The molecule has 1 saturated heterocycles. The Morgan fingerprint density at radius 2 is 2.25 bits per heavy atom. The Labute approximate surface area is 116 Å². The number of imide groups is 1. The van der Waals surface area contributed by atoms with E-state index in [1.165, 1.54) is 11.0 Å². The van der Waals surface area contributed by atoms with Gasteiger partial charge in [-0.25, -0.2) is 0 Å². The van der Waals surface area contributed by atoms with Crippen LogP contribution in [0.3, 0.4) is 0 Å². The second-order valence-corrected chi connectivity index (χ2v) is 4.79. The van der Waals surface area contributed by atoms with Gasteiger partial charge < -0.3 is 10.0 Å². The average molecular weight is 276 g/mol. The standard InChI is InChI=1S/C14H16N2O4/c1-2-3-12(18)15-13(19)8-16-7-9-6-10(17)4-5-11(9)14(16)20/h2,4,6,11,17H,1,3,5,7-8H2,(H,15,18,19). The van der Waals surface area contributed by atoms with E-state index >= 15 is 0 Å². The number of likely N-dealkylation sites (tertiary alicyclic amines) is 1. The second kappa shape index (κ2) is 5.73. The topological polar surface area (TPSA) is 86.7 Å². The number of nitrogens with zero attached hydrogens (tertiary/aromatic N) is 1. The minimum atomic E-state index is -0.512. The Bertz CT molecular complexity index is 533. The fourth-order valence-corrected chi connectivity index (χ4v) is 2.36. The summed E-state index contributed by atoms with van der Waals surface area (Å²) in [6.07, 6.45) is 5.06. The van der Waals surface area contributed by atoms with Crippen LogP contribution in [-0.2, 0) is 14.4 Å². The highest BCUT2D eigenvalue weighted by atomic mass is 16.3. The molecule has 2 N–H and O–H groups in total. The lowest BCUT2D eigenvalue weighted by atomic mass is 9.93. The summed E-state index contributed by atoms with van der Waals surface area (Å²) in [4.78, 5) is 36.4. The van der Waals surface area contributed by atoms with E-state index in [2.05, 4.69) is 11.9 Å². The first-order valence-corrected chi connectivity index (χ1v) is 6.33. The Hall–Kier alpha value is -2.37. The number of hydrogen-bond acceptors (Lipinski definition) is 4. The maximum atomic E-state index is 12.1. The van der Waals surface area contributed by atoms with Crippen molar-refractivity contribution in [3.63, 3.8) is 0 Å². The van der Waals surface area contributed by atoms with Crippen LogP contribution in [-0.4, -0.2) is 40.8 Å². The Morgan fingerprint density at radius 1 is 1.50 bits per heavy atom. The zero-order chi connectivity index (χ0) is 14.7. The molecular weight excluding hydrogens is 260 g/mol. The van der Waals surface area contributed by atoms with Crippen molar-refractivity contribution in [3.05, 3.63) is 36.1 Å². The van der Waals surface area contributed by atoms with Crippen molar-refractivity contribution in [1.29, 1.82) is 0 Å². The summed E-state index contributed by atoms with van der Waals surface area (Å²) in [5.74, 6) is -1.24. The Morgan fingerprint density at radius 3 is 2.95 bits per heavy atom. The van der Waals surface area contributed by atoms with Gasteiger partial charge >= 0.3 is 0 Å². The summed E-state index contributed by atoms with van der Waals surface area (Å²) in [5, 5.41) is 11.6. The van der Waals surface area contributed by atoms with Gasteiger partial charge in [-0.3, -0.25) is 19.7 Å². The molecule has 3 amide bonds. The van der Waals surface area contributed by atoms with E-state index in [1.807, 2.05) is 0 Å². The third-order valence-electron chi connectivity index (χ3n) is 3.27. The molecule has 6 nitrogen and oxygen atoms in total. The van der Waals surface area contributed by atoms with Gasteiger partial charge in [-0.05, 0) is 24.1 Å². The fourth-order valence-electron chi connectivity index (χ4n) is 2.36. The van der Waals surface area contributed by atoms with Crippen LogP contribution in [0.4, 0.5) is 0 Å². The van der Waals surface area contributed by atoms with Gasteiger partial charge in [-0.1, -0.05) is 6.08 Å². The maximum Gasteiger partial charge on any atom is 0.246 e. The molecule has 2 aliphatic rings. The van der Waals surface area contributed by atoms with Gasteiger partial charge in [0.15, 0.2) is 0 Å². The number of amides is 3. The van der Waals surface area contributed by atoms with Crippen molar-refractivity contribution in [1.82, 2.24) is 10.2 Å². The molecule has 0 aromatic rings. The van der Waals surface area contributed by atoms with Crippen molar-refractivity contribution < 1.29 is 19.5 Å². The van der Waals surface area contributed by atoms with Crippen molar-refractivity contribution in [2.75, 3.05) is 13.1 Å². The summed E-state index contributed by atoms with van der Waals surface area (Å²) in [6.45, 7) is 3.56. The molecule has 0 saturated carbocycles. The van der Waals surface area contributed by atoms with Crippen molar-refractivity contribution in [2.45, 2.75) is 12.8 Å². The number of rotatable bonds is 4. The number of fused-ring (bicyclic) bond motifs is 1. The normalized spacial score (nSPS) is 20.9. The molecule has 0 aromatic carbocycles. The number of carbonyl (C=O) groups excluding carboxylic acids is 3. The minimum Gasteiger partial charge on any atom is -0.508 e. The van der Waals surface area contributed by atoms with Crippen molar-refractivity contribution >= 4 is 17.7 Å². The third-order valence-corrected chi connectivity index (χ3v) is 3.27. The lowest BCUT2D eigenvalue weighted by molar-refractivity contribution is -0.137. The minimum absolute atomic E-state index is 0.0608. The highest BCUT2D eigenvalue weighted by molar-refractivity contribution is 5.98. The predicted octanol–water partition coefficient (Wildman–Crippen LogP) is 0.436. The predicted molar refractivity (Wildman–Crippen MR) is 71.4 cm³/mol. The molecule has 0 aromatic heterocycles. The van der Waals surface area contributed by atoms with E-state index in [4.69, 9.17) is 0 Å². The van der Waals surface area contributed by atoms with Gasteiger partial charge in [0.25, 0.3) is 0 Å². The molecule has 2 rings (SSSR count). The summed E-state index contributed by atoms with van der Waals surface area (Å²) >= 11 is 0. The average Bonchev–Trinajstić information content (AvgIpc) is 2.65. The van der Waals surface area contributed by atoms with E-state index < -0.39 is 11.8 Å². The smallest absolute Gasteiger partial charge is 0.246 e. The first kappa shape index (κ1) is 14.0. The van der Waals surface area contributed by atoms with E-state index in [-0.39, 0.29) is 30.5 Å². The number of hydrogen-bond donors (Lipinski definition) is 2. The lowest BCUT2D eigenvalue weighted by Crippen LogP contribution is -2.41. The van der Waals surface area contributed by atoms with Gasteiger partial charge in [0, 0.05) is 13.0 Å². The SMILES string of the molecule is C=CCC(=O)NC(=O)CN1CC2=CC(O)=CCC2C1=O. The van der Waals surface area contributed by atoms with Gasteiger partial charge in [-0.2, -0.15) is 0 Å². The van der Waals surface area contributed by atoms with Crippen molar-refractivity contribution in [3.8, 4) is 0 Å². The first-order chi connectivity index (χ1) is 9.51. The second-order valence-electron chi connectivity index (χ2n) is 4.79. The Balaban J connectivity index is 1.94. The van der Waals surface area contributed by atoms with Crippen LogP contribution in [0.15, 0.2) is 36.1 Å². The molecule has 1 unspecified atom stereocenters. The van der Waals surface area contributed by atoms with E-state index in [0.29, 0.717) is 13.0 Å². The monoisotopic (exact) mass is 276 g/mol. The molecule has 1 heterocycles. The summed E-state index contributed by atoms with van der Waals surface area (Å²) < 4.78 is 0. The summed E-state index contributed by atoms with van der Waals surface area (Å²) in [5.41, 5.74) is 0.806. The molecule has 0 bridgehead atoms. The van der Waals surface area contributed by atoms with Crippen LogP contribution in [0.2, 0.25) is 0 Å². The van der Waals surface area contributed by atoms with Crippen LogP contribution in [0.5, 0.6) is 0 Å². The van der Waals surface area contributed by atoms with E-state index in [9.17, 15) is 19.5 Å². The van der Waals surface area contributed by atoms with Crippen LogP contribution < -0.4 is 5.32 Å². The summed E-state index contributed by atoms with van der Waals surface area (Å²) in [7, 11) is 0. The zero-order valence-corrected chi connectivity index (χ0v) is 11.0. The number of allylic oxidation sites excluding steroid dienone is 2. The number of carbonyl (C=O) groups is 3. The number of aliphatic hydroxyl groups is 1. The van der Waals surface area contributed by atoms with Gasteiger partial charge in [0.2, 0.25) is 17.7 Å². The molecule has 106 valence electrons. The first-order valence-electron chi connectivity index (χ1n) is 6.33. The third kappa shape index (κ3) is 2.96. The summed E-state index contributed by atoms with van der Waals surface area (Å²) in [6, 6.07) is 0. The highest BCUT2D eigenvalue weighted by Gasteiger charge is 2.37. The largest absolute Gasteiger partial charge is 0.508 e. The van der Waals surface area contributed by atoms with Crippen LogP contribution in [0.1, 0.15) is 12.8 Å². The van der Waals surface area contributed by atoms with Gasteiger partial charge in [0.05, 0.1) is 5.92 Å². The molecule has 1 atom stereocenters. The van der Waals surface area contributed by atoms with Crippen molar-refractivity contribution in [2.24, 2.45) is 5.92 Å². The zero-order valence-electron chi connectivity index (χ0n) is 11.0. The van der Waals surface area contributed by atoms with E-state index in [0.717, 1.165) is 5.57 Å². The van der Waals surface area contributed by atoms with E-state index in [1.54, 1.807) is 12.2 Å². The quantitative estimate of drug-likeness (QED) is 0.729. The highest BCUT2D eigenvalue weighted by Crippen LogP contribution is 2.31. The molecule has 0 spiro atoms. The molecule has 20 heavy (non-hydrogen) atoms. The Kier molecular flexibility index (Phi) is 4.02. The lowest BCUT2D eigenvalue weighted by Gasteiger charge is -2.15. The number of aliphatic hydroxyl groups excluding tert-OH is 1. The maximum absolute atomic E-state index is 12.1. The van der Waals surface area contributed by atoms with Crippen LogP contribution in [0.25, 0.3) is 0 Å². The molecule has 6 heteroatoms. The fraction of sp³-hybridized carbons (Fsp3) is 0.357. The molecule has 0 radical (unpaired) electrons.